The summed E-state index contributed by atoms with van der Waals surface area (Å²) in [7, 11) is 1.42. The second-order valence-electron chi connectivity index (χ2n) is 4.59. The van der Waals surface area contributed by atoms with E-state index in [0.717, 1.165) is 4.47 Å². The molecule has 0 spiro atoms. The Labute approximate surface area is 146 Å². The van der Waals surface area contributed by atoms with E-state index in [1.165, 1.54) is 25.5 Å². The maximum Gasteiger partial charge on any atom is 0.329 e. The van der Waals surface area contributed by atoms with Gasteiger partial charge in [-0.3, -0.25) is 9.59 Å². The van der Waals surface area contributed by atoms with Gasteiger partial charge in [-0.05, 0) is 48.0 Å². The van der Waals surface area contributed by atoms with Crippen LogP contribution in [0.4, 0.5) is 5.69 Å². The van der Waals surface area contributed by atoms with Crippen molar-refractivity contribution in [3.63, 3.8) is 0 Å². The highest BCUT2D eigenvalue weighted by Crippen LogP contribution is 2.25. The number of amides is 2. The quantitative estimate of drug-likeness (QED) is 0.422. The summed E-state index contributed by atoms with van der Waals surface area (Å²) >= 11 is 3.28. The van der Waals surface area contributed by atoms with E-state index in [-0.39, 0.29) is 11.5 Å². The van der Waals surface area contributed by atoms with Crippen LogP contribution in [0, 0.1) is 0 Å². The average molecular weight is 392 g/mol. The number of hydrogen-bond donors (Lipinski definition) is 3. The Morgan fingerprint density at radius 3 is 2.54 bits per heavy atom. The first kappa shape index (κ1) is 17.5. The zero-order valence-electron chi connectivity index (χ0n) is 12.6. The van der Waals surface area contributed by atoms with Gasteiger partial charge >= 0.3 is 11.8 Å². The fraction of sp³-hybridized carbons (Fsp3) is 0.0625. The molecule has 0 aliphatic rings. The van der Waals surface area contributed by atoms with Crippen LogP contribution >= 0.6 is 15.9 Å². The number of ether oxygens (including phenoxy) is 1. The summed E-state index contributed by atoms with van der Waals surface area (Å²) in [6.07, 6.45) is 1.33. The molecule has 2 rings (SSSR count). The van der Waals surface area contributed by atoms with Crippen LogP contribution in [0.3, 0.4) is 0 Å². The maximum atomic E-state index is 11.7. The van der Waals surface area contributed by atoms with E-state index in [2.05, 4.69) is 31.8 Å². The van der Waals surface area contributed by atoms with Crippen molar-refractivity contribution >= 4 is 39.6 Å². The third-order valence-corrected chi connectivity index (χ3v) is 3.42. The van der Waals surface area contributed by atoms with Gasteiger partial charge in [0.15, 0.2) is 11.5 Å². The number of nitrogens with one attached hydrogen (secondary N) is 2. The lowest BCUT2D eigenvalue weighted by molar-refractivity contribution is -0.136. The van der Waals surface area contributed by atoms with Gasteiger partial charge in [0.25, 0.3) is 0 Å². The first-order valence-corrected chi connectivity index (χ1v) is 7.56. The zero-order valence-corrected chi connectivity index (χ0v) is 14.2. The lowest BCUT2D eigenvalue weighted by atomic mass is 10.2. The third kappa shape index (κ3) is 4.82. The van der Waals surface area contributed by atoms with Gasteiger partial charge in [0.1, 0.15) is 0 Å². The number of nitrogens with zero attached hydrogens (tertiary/aromatic N) is 1. The molecule has 0 saturated carbocycles. The van der Waals surface area contributed by atoms with Gasteiger partial charge in [0, 0.05) is 10.2 Å². The van der Waals surface area contributed by atoms with Crippen LogP contribution in [-0.4, -0.2) is 30.2 Å². The largest absolute Gasteiger partial charge is 0.504 e. The number of rotatable bonds is 4. The van der Waals surface area contributed by atoms with Crippen molar-refractivity contribution < 1.29 is 19.4 Å². The second kappa shape index (κ2) is 8.11. The van der Waals surface area contributed by atoms with Gasteiger partial charge in [-0.25, -0.2) is 5.43 Å². The molecule has 24 heavy (non-hydrogen) atoms. The molecule has 7 nitrogen and oxygen atoms in total. The molecule has 3 N–H and O–H groups in total. The summed E-state index contributed by atoms with van der Waals surface area (Å²) in [5.74, 6) is -1.47. The topological polar surface area (TPSA) is 100 Å². The average Bonchev–Trinajstić information content (AvgIpc) is 2.58. The van der Waals surface area contributed by atoms with Gasteiger partial charge < -0.3 is 15.2 Å². The SMILES string of the molecule is COc1cc(/C=N/NC(=O)C(=O)Nc2ccc(Br)cc2)ccc1O. The van der Waals surface area contributed by atoms with Crippen molar-refractivity contribution in [1.29, 1.82) is 0 Å². The number of halogens is 1. The molecular weight excluding hydrogens is 378 g/mol. The van der Waals surface area contributed by atoms with E-state index < -0.39 is 11.8 Å². The minimum absolute atomic E-state index is 0.00689. The van der Waals surface area contributed by atoms with Crippen molar-refractivity contribution in [1.82, 2.24) is 5.43 Å². The highest BCUT2D eigenvalue weighted by molar-refractivity contribution is 9.10. The molecule has 0 radical (unpaired) electrons. The maximum absolute atomic E-state index is 11.7. The van der Waals surface area contributed by atoms with Crippen LogP contribution < -0.4 is 15.5 Å². The molecule has 124 valence electrons. The molecule has 2 aromatic carbocycles. The number of phenolic OH excluding ortho intramolecular Hbond substituents is 1. The molecule has 2 amide bonds. The van der Waals surface area contributed by atoms with E-state index >= 15 is 0 Å². The van der Waals surface area contributed by atoms with Crippen LogP contribution in [-0.2, 0) is 9.59 Å². The summed E-state index contributed by atoms with van der Waals surface area (Å²) < 4.78 is 5.82. The van der Waals surface area contributed by atoms with E-state index in [9.17, 15) is 14.7 Å². The fourth-order valence-electron chi connectivity index (χ4n) is 1.71. The monoisotopic (exact) mass is 391 g/mol. The van der Waals surface area contributed by atoms with Crippen molar-refractivity contribution in [2.24, 2.45) is 5.10 Å². The summed E-state index contributed by atoms with van der Waals surface area (Å²) in [6.45, 7) is 0. The van der Waals surface area contributed by atoms with Crippen LogP contribution in [0.1, 0.15) is 5.56 Å². The second-order valence-corrected chi connectivity index (χ2v) is 5.51. The summed E-state index contributed by atoms with van der Waals surface area (Å²) in [5.41, 5.74) is 3.19. The highest BCUT2D eigenvalue weighted by Gasteiger charge is 2.12. The molecule has 2 aromatic rings. The number of anilines is 1. The molecule has 0 fully saturated rings. The Morgan fingerprint density at radius 1 is 1.17 bits per heavy atom. The van der Waals surface area contributed by atoms with Gasteiger partial charge in [0.05, 0.1) is 13.3 Å². The predicted octanol–water partition coefficient (Wildman–Crippen LogP) is 2.25. The van der Waals surface area contributed by atoms with Gasteiger partial charge in [-0.1, -0.05) is 15.9 Å². The number of hydrogen-bond acceptors (Lipinski definition) is 5. The predicted molar refractivity (Wildman–Crippen MR) is 93.2 cm³/mol. The van der Waals surface area contributed by atoms with Crippen molar-refractivity contribution in [3.05, 3.63) is 52.5 Å². The summed E-state index contributed by atoms with van der Waals surface area (Å²) in [5, 5.41) is 15.6. The number of aromatic hydroxyl groups is 1. The number of phenols is 1. The molecule has 0 saturated heterocycles. The fourth-order valence-corrected chi connectivity index (χ4v) is 1.98. The minimum Gasteiger partial charge on any atom is -0.504 e. The van der Waals surface area contributed by atoms with E-state index in [4.69, 9.17) is 4.74 Å². The molecule has 0 atom stereocenters. The number of methoxy groups -OCH3 is 1. The first-order chi connectivity index (χ1) is 11.5. The smallest absolute Gasteiger partial charge is 0.329 e. The molecular formula is C16H14BrN3O4. The van der Waals surface area contributed by atoms with Gasteiger partial charge in [-0.15, -0.1) is 0 Å². The van der Waals surface area contributed by atoms with Gasteiger partial charge in [0.2, 0.25) is 0 Å². The van der Waals surface area contributed by atoms with E-state index in [0.29, 0.717) is 11.3 Å². The third-order valence-electron chi connectivity index (χ3n) is 2.89. The van der Waals surface area contributed by atoms with Crippen LogP contribution in [0.15, 0.2) is 52.0 Å². The first-order valence-electron chi connectivity index (χ1n) is 6.76. The summed E-state index contributed by atoms with van der Waals surface area (Å²) in [4.78, 5) is 23.4. The molecule has 0 aliphatic carbocycles. The number of carbonyl (C=O) groups is 2. The van der Waals surface area contributed by atoms with Crippen LogP contribution in [0.25, 0.3) is 0 Å². The van der Waals surface area contributed by atoms with Gasteiger partial charge in [-0.2, -0.15) is 5.10 Å². The van der Waals surface area contributed by atoms with E-state index in [1.807, 2.05) is 0 Å². The molecule has 8 heteroatoms. The Hall–Kier alpha value is -2.87. The normalized spacial score (nSPS) is 10.4. The molecule has 0 aliphatic heterocycles. The number of benzene rings is 2. The minimum atomic E-state index is -0.903. The van der Waals surface area contributed by atoms with Crippen LogP contribution in [0.5, 0.6) is 11.5 Å². The summed E-state index contributed by atoms with van der Waals surface area (Å²) in [6, 6.07) is 11.3. The van der Waals surface area contributed by atoms with Crippen molar-refractivity contribution in [2.75, 3.05) is 12.4 Å². The Morgan fingerprint density at radius 2 is 1.88 bits per heavy atom. The number of hydrazone groups is 1. The van der Waals surface area contributed by atoms with Crippen molar-refractivity contribution in [3.8, 4) is 11.5 Å². The highest BCUT2D eigenvalue weighted by atomic mass is 79.9. The van der Waals surface area contributed by atoms with Crippen LogP contribution in [0.2, 0.25) is 0 Å². The van der Waals surface area contributed by atoms with E-state index in [1.54, 1.807) is 30.3 Å². The Kier molecular flexibility index (Phi) is 5.91. The molecule has 0 heterocycles. The lowest BCUT2D eigenvalue weighted by Crippen LogP contribution is -2.32. The lowest BCUT2D eigenvalue weighted by Gasteiger charge is -2.04. The zero-order chi connectivity index (χ0) is 17.5. The molecule has 0 aromatic heterocycles. The van der Waals surface area contributed by atoms with Crippen molar-refractivity contribution in [2.45, 2.75) is 0 Å². The number of carbonyl (C=O) groups excluding carboxylic acids is 2. The standard InChI is InChI=1S/C16H14BrN3O4/c1-24-14-8-10(2-7-13(14)21)9-18-20-16(23)15(22)19-12-5-3-11(17)4-6-12/h2-9,21H,1H3,(H,19,22)(H,20,23)/b18-9+. The Balaban J connectivity index is 1.92. The Bertz CT molecular complexity index is 775. The molecule has 0 unspecified atom stereocenters. The molecule has 0 bridgehead atoms.